The van der Waals surface area contributed by atoms with Crippen molar-refractivity contribution in [3.8, 4) is 0 Å². The molecule has 3 atom stereocenters. The van der Waals surface area contributed by atoms with E-state index in [-0.39, 0.29) is 0 Å². The molecular weight excluding hydrogens is 160 g/mol. The van der Waals surface area contributed by atoms with Crippen LogP contribution in [0.15, 0.2) is 0 Å². The second kappa shape index (κ2) is 3.97. The molecule has 0 bridgehead atoms. The summed E-state index contributed by atoms with van der Waals surface area (Å²) < 4.78 is 0. The largest absolute Gasteiger partial charge is 0.326 e. The average molecular weight is 184 g/mol. The topological polar surface area (TPSA) is 38.0 Å². The summed E-state index contributed by atoms with van der Waals surface area (Å²) in [6.07, 6.45) is 2.48. The van der Waals surface area contributed by atoms with Crippen molar-refractivity contribution in [3.05, 3.63) is 0 Å². The maximum atomic E-state index is 6.03. The molecular formula is C11H24N2. The van der Waals surface area contributed by atoms with Crippen molar-refractivity contribution in [1.82, 2.24) is 5.32 Å². The fourth-order valence-electron chi connectivity index (χ4n) is 1.60. The van der Waals surface area contributed by atoms with E-state index in [1.807, 2.05) is 0 Å². The molecule has 2 heteroatoms. The van der Waals surface area contributed by atoms with Crippen LogP contribution in [0, 0.1) is 11.3 Å². The molecule has 0 aliphatic heterocycles. The lowest BCUT2D eigenvalue weighted by Gasteiger charge is -2.19. The molecule has 1 rings (SSSR count). The molecule has 13 heavy (non-hydrogen) atoms. The van der Waals surface area contributed by atoms with Crippen LogP contribution in [-0.2, 0) is 0 Å². The third-order valence-corrected chi connectivity index (χ3v) is 3.49. The molecule has 0 saturated heterocycles. The first-order valence-electron chi connectivity index (χ1n) is 5.46. The smallest absolute Gasteiger partial charge is 0.0191 e. The highest BCUT2D eigenvalue weighted by atomic mass is 15.0. The van der Waals surface area contributed by atoms with Gasteiger partial charge in [0, 0.05) is 18.6 Å². The highest BCUT2D eigenvalue weighted by Gasteiger charge is 2.45. The lowest BCUT2D eigenvalue weighted by molar-refractivity contribution is 0.406. The zero-order valence-electron chi connectivity index (χ0n) is 9.43. The molecule has 3 unspecified atom stereocenters. The average Bonchev–Trinajstić information content (AvgIpc) is 2.68. The molecule has 1 fully saturated rings. The van der Waals surface area contributed by atoms with E-state index in [9.17, 15) is 0 Å². The Morgan fingerprint density at radius 2 is 2.08 bits per heavy atom. The van der Waals surface area contributed by atoms with Crippen LogP contribution in [0.5, 0.6) is 0 Å². The summed E-state index contributed by atoms with van der Waals surface area (Å²) >= 11 is 0. The third kappa shape index (κ3) is 2.96. The van der Waals surface area contributed by atoms with Crippen molar-refractivity contribution in [3.63, 3.8) is 0 Å². The van der Waals surface area contributed by atoms with Crippen LogP contribution in [-0.4, -0.2) is 18.6 Å². The van der Waals surface area contributed by atoms with Gasteiger partial charge in [0.05, 0.1) is 0 Å². The quantitative estimate of drug-likeness (QED) is 0.683. The van der Waals surface area contributed by atoms with Gasteiger partial charge in [-0.05, 0) is 17.8 Å². The van der Waals surface area contributed by atoms with Crippen LogP contribution in [0.1, 0.15) is 40.5 Å². The van der Waals surface area contributed by atoms with Crippen molar-refractivity contribution in [2.75, 3.05) is 6.54 Å². The van der Waals surface area contributed by atoms with Crippen molar-refractivity contribution >= 4 is 0 Å². The molecule has 0 amide bonds. The van der Waals surface area contributed by atoms with Crippen molar-refractivity contribution in [2.24, 2.45) is 17.1 Å². The summed E-state index contributed by atoms with van der Waals surface area (Å²) in [5.74, 6) is 0.634. The minimum Gasteiger partial charge on any atom is -0.326 e. The van der Waals surface area contributed by atoms with Gasteiger partial charge in [-0.1, -0.05) is 34.1 Å². The molecule has 1 saturated carbocycles. The van der Waals surface area contributed by atoms with Crippen molar-refractivity contribution in [2.45, 2.75) is 52.6 Å². The first-order valence-corrected chi connectivity index (χ1v) is 5.46. The maximum Gasteiger partial charge on any atom is 0.0191 e. The van der Waals surface area contributed by atoms with E-state index in [4.69, 9.17) is 5.73 Å². The molecule has 1 aliphatic rings. The molecule has 0 aromatic heterocycles. The van der Waals surface area contributed by atoms with E-state index in [2.05, 4.69) is 33.0 Å². The van der Waals surface area contributed by atoms with Gasteiger partial charge in [-0.25, -0.2) is 0 Å². The van der Waals surface area contributed by atoms with Crippen LogP contribution >= 0.6 is 0 Å². The van der Waals surface area contributed by atoms with E-state index in [1.54, 1.807) is 0 Å². The van der Waals surface area contributed by atoms with Crippen LogP contribution in [0.4, 0.5) is 0 Å². The van der Waals surface area contributed by atoms with Crippen LogP contribution in [0.3, 0.4) is 0 Å². The van der Waals surface area contributed by atoms with Crippen molar-refractivity contribution in [1.29, 1.82) is 0 Å². The minimum atomic E-state index is 0.321. The van der Waals surface area contributed by atoms with Crippen LogP contribution in [0.25, 0.3) is 0 Å². The second-order valence-electron chi connectivity index (χ2n) is 5.20. The normalized spacial score (nSPS) is 29.8. The second-order valence-corrected chi connectivity index (χ2v) is 5.20. The first kappa shape index (κ1) is 11.0. The van der Waals surface area contributed by atoms with Gasteiger partial charge in [-0.2, -0.15) is 0 Å². The molecule has 1 aliphatic carbocycles. The van der Waals surface area contributed by atoms with Crippen LogP contribution < -0.4 is 11.1 Å². The van der Waals surface area contributed by atoms with E-state index >= 15 is 0 Å². The lowest BCUT2D eigenvalue weighted by atomic mass is 10.00. The van der Waals surface area contributed by atoms with Crippen LogP contribution in [0.2, 0.25) is 0 Å². The van der Waals surface area contributed by atoms with Gasteiger partial charge < -0.3 is 11.1 Å². The van der Waals surface area contributed by atoms with Gasteiger partial charge >= 0.3 is 0 Å². The Bertz CT molecular complexity index is 165. The molecule has 3 N–H and O–H groups in total. The van der Waals surface area contributed by atoms with E-state index in [0.29, 0.717) is 23.4 Å². The van der Waals surface area contributed by atoms with Gasteiger partial charge in [0.1, 0.15) is 0 Å². The number of rotatable bonds is 5. The Hall–Kier alpha value is -0.0800. The number of nitrogens with one attached hydrogen (secondary N) is 1. The maximum absolute atomic E-state index is 6.03. The summed E-state index contributed by atoms with van der Waals surface area (Å²) in [4.78, 5) is 0. The van der Waals surface area contributed by atoms with E-state index in [1.165, 1.54) is 12.8 Å². The fourth-order valence-corrected chi connectivity index (χ4v) is 1.60. The van der Waals surface area contributed by atoms with Gasteiger partial charge in [0.2, 0.25) is 0 Å². The first-order chi connectivity index (χ1) is 5.97. The third-order valence-electron chi connectivity index (χ3n) is 3.49. The number of hydrogen-bond donors (Lipinski definition) is 2. The summed E-state index contributed by atoms with van der Waals surface area (Å²) in [6, 6.07) is 1.03. The van der Waals surface area contributed by atoms with Gasteiger partial charge in [-0.3, -0.25) is 0 Å². The highest BCUT2D eigenvalue weighted by Crippen LogP contribution is 2.44. The summed E-state index contributed by atoms with van der Waals surface area (Å²) in [5, 5.41) is 3.54. The Labute approximate surface area is 82.3 Å². The van der Waals surface area contributed by atoms with Gasteiger partial charge in [0.25, 0.3) is 0 Å². The summed E-state index contributed by atoms with van der Waals surface area (Å²) in [7, 11) is 0. The van der Waals surface area contributed by atoms with Gasteiger partial charge in [-0.15, -0.1) is 0 Å². The molecule has 0 aromatic rings. The fraction of sp³-hybridized carbons (Fsp3) is 1.00. The Balaban J connectivity index is 2.13. The van der Waals surface area contributed by atoms with E-state index < -0.39 is 0 Å². The van der Waals surface area contributed by atoms with Gasteiger partial charge in [0.15, 0.2) is 0 Å². The Morgan fingerprint density at radius 3 is 2.46 bits per heavy atom. The summed E-state index contributed by atoms with van der Waals surface area (Å²) in [6.45, 7) is 10.0. The standard InChI is InChI=1S/C11H24N2/c1-5-8(2)9(12)7-13-10-6-11(10,3)4/h8-10,13H,5-7,12H2,1-4H3. The molecule has 0 radical (unpaired) electrons. The highest BCUT2D eigenvalue weighted by molar-refractivity contribution is 5.01. The van der Waals surface area contributed by atoms with Crippen molar-refractivity contribution < 1.29 is 0 Å². The molecule has 0 spiro atoms. The Morgan fingerprint density at radius 1 is 1.54 bits per heavy atom. The molecule has 2 nitrogen and oxygen atoms in total. The zero-order valence-corrected chi connectivity index (χ0v) is 9.43. The molecule has 0 heterocycles. The number of nitrogens with two attached hydrogens (primary N) is 1. The number of hydrogen-bond acceptors (Lipinski definition) is 2. The summed E-state index contributed by atoms with van der Waals surface area (Å²) in [5.41, 5.74) is 6.55. The minimum absolute atomic E-state index is 0.321. The monoisotopic (exact) mass is 184 g/mol. The Kier molecular flexibility index (Phi) is 3.36. The predicted molar refractivity (Wildman–Crippen MR) is 57.6 cm³/mol. The predicted octanol–water partition coefficient (Wildman–Crippen LogP) is 1.75. The molecule has 0 aromatic carbocycles. The lowest BCUT2D eigenvalue weighted by Crippen LogP contribution is -2.40. The zero-order chi connectivity index (χ0) is 10.1. The van der Waals surface area contributed by atoms with E-state index in [0.717, 1.165) is 6.54 Å². The molecule has 78 valence electrons. The SMILES string of the molecule is CCC(C)C(N)CNC1CC1(C)C.